The van der Waals surface area contributed by atoms with Crippen LogP contribution in [-0.2, 0) is 25.7 Å². The Morgan fingerprint density at radius 2 is 1.36 bits per heavy atom. The zero-order valence-electron chi connectivity index (χ0n) is 16.7. The maximum absolute atomic E-state index is 11.1. The van der Waals surface area contributed by atoms with Gasteiger partial charge in [-0.1, -0.05) is 66.7 Å². The molecule has 4 bridgehead atoms. The molecule has 0 amide bonds. The highest BCUT2D eigenvalue weighted by Crippen LogP contribution is 2.31. The van der Waals surface area contributed by atoms with Gasteiger partial charge in [-0.15, -0.1) is 0 Å². The lowest BCUT2D eigenvalue weighted by atomic mass is 9.90. The molecule has 0 spiro atoms. The van der Waals surface area contributed by atoms with Gasteiger partial charge in [-0.3, -0.25) is 4.99 Å². The van der Waals surface area contributed by atoms with Crippen molar-refractivity contribution >= 4 is 5.71 Å². The third kappa shape index (κ3) is 3.87. The van der Waals surface area contributed by atoms with E-state index in [1.54, 1.807) is 0 Å². The first-order valence-electron chi connectivity index (χ1n) is 10.1. The summed E-state index contributed by atoms with van der Waals surface area (Å²) in [6.45, 7) is 4.14. The van der Waals surface area contributed by atoms with Gasteiger partial charge in [0.05, 0.1) is 6.04 Å². The maximum Gasteiger partial charge on any atom is 0.128 e. The number of aryl methyl sites for hydroxylation is 4. The van der Waals surface area contributed by atoms with E-state index in [1.165, 1.54) is 22.3 Å². The monoisotopic (exact) mass is 369 g/mol. The summed E-state index contributed by atoms with van der Waals surface area (Å²) >= 11 is 0. The molecule has 4 aliphatic carbocycles. The summed E-state index contributed by atoms with van der Waals surface area (Å²) in [4.78, 5) is 4.95. The van der Waals surface area contributed by atoms with Gasteiger partial charge in [-0.05, 0) is 67.3 Å². The number of benzene rings is 3. The molecule has 4 aliphatic rings. The van der Waals surface area contributed by atoms with E-state index in [2.05, 4.69) is 55.5 Å². The number of hydrogen-bond donors (Lipinski definition) is 1. The first-order valence-corrected chi connectivity index (χ1v) is 10.1. The molecule has 2 nitrogen and oxygen atoms in total. The minimum Gasteiger partial charge on any atom is -0.507 e. The molecule has 0 radical (unpaired) electrons. The van der Waals surface area contributed by atoms with Crippen LogP contribution >= 0.6 is 0 Å². The Balaban J connectivity index is 1.73. The summed E-state index contributed by atoms with van der Waals surface area (Å²) in [7, 11) is 0. The van der Waals surface area contributed by atoms with Crippen LogP contribution < -0.4 is 0 Å². The standard InChI is InChI=1S/C26H27NO/c1-18(22-6-4-3-5-7-22)27-19(2)25-23-14-12-20-8-10-21(11-9-20)13-15-24(17-16-23)26(25)28/h3-11,16-18,28H,12-15H2,1-2H3. The zero-order valence-corrected chi connectivity index (χ0v) is 16.7. The SMILES string of the molecule is CC(=NC(C)c1ccccc1)c1c2ccc(c1O)CCc1ccc(cc1)CC2. The molecular formula is C26H27NO. The Kier molecular flexibility index (Phi) is 5.29. The van der Waals surface area contributed by atoms with E-state index in [4.69, 9.17) is 4.99 Å². The molecule has 3 aromatic rings. The lowest BCUT2D eigenvalue weighted by molar-refractivity contribution is 0.465. The van der Waals surface area contributed by atoms with Gasteiger partial charge in [0.25, 0.3) is 0 Å². The molecule has 0 aromatic heterocycles. The lowest BCUT2D eigenvalue weighted by Gasteiger charge is -2.18. The number of aromatic hydroxyl groups is 1. The van der Waals surface area contributed by atoms with E-state index in [0.29, 0.717) is 5.75 Å². The summed E-state index contributed by atoms with van der Waals surface area (Å²) < 4.78 is 0. The van der Waals surface area contributed by atoms with Crippen LogP contribution in [0.2, 0.25) is 0 Å². The Bertz CT molecular complexity index is 987. The minimum absolute atomic E-state index is 0.0581. The highest BCUT2D eigenvalue weighted by molar-refractivity contribution is 6.03. The van der Waals surface area contributed by atoms with E-state index < -0.39 is 0 Å². The fraction of sp³-hybridized carbons (Fsp3) is 0.269. The van der Waals surface area contributed by atoms with Crippen LogP contribution in [-0.4, -0.2) is 10.8 Å². The van der Waals surface area contributed by atoms with Crippen molar-refractivity contribution in [1.82, 2.24) is 0 Å². The van der Waals surface area contributed by atoms with Crippen LogP contribution in [0.25, 0.3) is 0 Å². The minimum atomic E-state index is 0.0581. The van der Waals surface area contributed by atoms with Crippen molar-refractivity contribution in [2.24, 2.45) is 4.99 Å². The molecule has 0 saturated carbocycles. The summed E-state index contributed by atoms with van der Waals surface area (Å²) in [6, 6.07) is 23.6. The second-order valence-electron chi connectivity index (χ2n) is 7.73. The number of phenols is 1. The van der Waals surface area contributed by atoms with Gasteiger partial charge < -0.3 is 5.11 Å². The number of rotatable bonds is 3. The Labute approximate surface area is 167 Å². The average Bonchev–Trinajstić information content (AvgIpc) is 2.71. The van der Waals surface area contributed by atoms with E-state index in [-0.39, 0.29) is 6.04 Å². The van der Waals surface area contributed by atoms with Crippen LogP contribution in [0.4, 0.5) is 0 Å². The quantitative estimate of drug-likeness (QED) is 0.577. The molecule has 2 heteroatoms. The predicted molar refractivity (Wildman–Crippen MR) is 116 cm³/mol. The molecule has 142 valence electrons. The van der Waals surface area contributed by atoms with Gasteiger partial charge in [0.15, 0.2) is 0 Å². The van der Waals surface area contributed by atoms with Crippen molar-refractivity contribution in [1.29, 1.82) is 0 Å². The van der Waals surface area contributed by atoms with Gasteiger partial charge in [0.2, 0.25) is 0 Å². The third-order valence-electron chi connectivity index (χ3n) is 5.77. The van der Waals surface area contributed by atoms with E-state index in [9.17, 15) is 5.11 Å². The van der Waals surface area contributed by atoms with Gasteiger partial charge in [0, 0.05) is 11.3 Å². The first kappa shape index (κ1) is 18.5. The van der Waals surface area contributed by atoms with Gasteiger partial charge in [-0.2, -0.15) is 0 Å². The summed E-state index contributed by atoms with van der Waals surface area (Å²) in [5.74, 6) is 0.411. The highest BCUT2D eigenvalue weighted by Gasteiger charge is 2.17. The Morgan fingerprint density at radius 3 is 2.00 bits per heavy atom. The Morgan fingerprint density at radius 1 is 0.786 bits per heavy atom. The van der Waals surface area contributed by atoms with Crippen LogP contribution in [0.15, 0.2) is 71.7 Å². The molecule has 1 unspecified atom stereocenters. The number of nitrogens with zero attached hydrogens (tertiary/aromatic N) is 1. The van der Waals surface area contributed by atoms with Gasteiger partial charge in [-0.25, -0.2) is 0 Å². The third-order valence-corrected chi connectivity index (χ3v) is 5.77. The van der Waals surface area contributed by atoms with Crippen LogP contribution in [0.3, 0.4) is 0 Å². The molecule has 0 saturated heterocycles. The number of aliphatic imine (C=N–C) groups is 1. The lowest BCUT2D eigenvalue weighted by Crippen LogP contribution is -2.08. The molecule has 28 heavy (non-hydrogen) atoms. The van der Waals surface area contributed by atoms with Gasteiger partial charge in [0.1, 0.15) is 5.75 Å². The fourth-order valence-corrected chi connectivity index (χ4v) is 4.08. The molecule has 1 N–H and O–H groups in total. The maximum atomic E-state index is 11.1. The zero-order chi connectivity index (χ0) is 19.5. The average molecular weight is 370 g/mol. The smallest absolute Gasteiger partial charge is 0.128 e. The summed E-state index contributed by atoms with van der Waals surface area (Å²) in [6.07, 6.45) is 3.63. The molecule has 0 aliphatic heterocycles. The molecule has 3 aromatic carbocycles. The van der Waals surface area contributed by atoms with Crippen molar-refractivity contribution in [3.8, 4) is 5.75 Å². The van der Waals surface area contributed by atoms with Crippen molar-refractivity contribution in [3.63, 3.8) is 0 Å². The highest BCUT2D eigenvalue weighted by atomic mass is 16.3. The fourth-order valence-electron chi connectivity index (χ4n) is 4.08. The predicted octanol–water partition coefficient (Wildman–Crippen LogP) is 5.85. The van der Waals surface area contributed by atoms with Crippen molar-refractivity contribution in [2.75, 3.05) is 0 Å². The van der Waals surface area contributed by atoms with Crippen LogP contribution in [0.1, 0.15) is 53.3 Å². The number of hydrogen-bond acceptors (Lipinski definition) is 2. The van der Waals surface area contributed by atoms with E-state index in [1.807, 2.05) is 25.1 Å². The van der Waals surface area contributed by atoms with E-state index in [0.717, 1.165) is 42.5 Å². The number of phenolic OH excluding ortho intramolecular Hbond substituents is 1. The van der Waals surface area contributed by atoms with Crippen molar-refractivity contribution in [3.05, 3.63) is 100 Å². The van der Waals surface area contributed by atoms with Crippen molar-refractivity contribution < 1.29 is 5.11 Å². The van der Waals surface area contributed by atoms with Crippen LogP contribution in [0.5, 0.6) is 5.75 Å². The Hall–Kier alpha value is -2.87. The first-order chi connectivity index (χ1) is 13.6. The normalized spacial score (nSPS) is 15.1. The molecule has 1 atom stereocenters. The molecule has 0 heterocycles. The second-order valence-corrected chi connectivity index (χ2v) is 7.73. The molecule has 7 rings (SSSR count). The summed E-state index contributed by atoms with van der Waals surface area (Å²) in [5, 5.41) is 11.1. The van der Waals surface area contributed by atoms with Gasteiger partial charge >= 0.3 is 0 Å². The molecule has 0 fully saturated rings. The largest absolute Gasteiger partial charge is 0.507 e. The topological polar surface area (TPSA) is 32.6 Å². The molecular weight excluding hydrogens is 342 g/mol. The summed E-state index contributed by atoms with van der Waals surface area (Å²) in [5.41, 5.74) is 7.86. The van der Waals surface area contributed by atoms with Crippen molar-refractivity contribution in [2.45, 2.75) is 45.6 Å². The second kappa shape index (κ2) is 8.02. The van der Waals surface area contributed by atoms with E-state index >= 15 is 0 Å². The van der Waals surface area contributed by atoms with Crippen LogP contribution in [0, 0.1) is 0 Å².